The van der Waals surface area contributed by atoms with Gasteiger partial charge in [-0.3, -0.25) is 19.7 Å². The van der Waals surface area contributed by atoms with Crippen molar-refractivity contribution in [2.24, 2.45) is 16.0 Å². The van der Waals surface area contributed by atoms with Gasteiger partial charge in [0.15, 0.2) is 11.6 Å². The number of rotatable bonds is 33. The van der Waals surface area contributed by atoms with E-state index in [0.29, 0.717) is 83.1 Å². The lowest BCUT2D eigenvalue weighted by Gasteiger charge is -2.38. The quantitative estimate of drug-likeness (QED) is 0.00210. The summed E-state index contributed by atoms with van der Waals surface area (Å²) in [6.07, 6.45) is 20.9. The molecule has 126 heavy (non-hydrogen) atoms. The zero-order valence-corrected chi connectivity index (χ0v) is 77.5. The summed E-state index contributed by atoms with van der Waals surface area (Å²) in [4.78, 5) is 75.7. The molecule has 5 atom stereocenters. The van der Waals surface area contributed by atoms with E-state index in [4.69, 9.17) is 35.2 Å². The predicted octanol–water partition coefficient (Wildman–Crippen LogP) is 18.3. The van der Waals surface area contributed by atoms with E-state index in [-0.39, 0.29) is 43.2 Å². The number of ether oxygens (including phenoxy) is 3. The first-order valence-electron chi connectivity index (χ1n) is 42.8. The van der Waals surface area contributed by atoms with Crippen molar-refractivity contribution >= 4 is 59.8 Å². The van der Waals surface area contributed by atoms with Gasteiger partial charge in [-0.25, -0.2) is 14.4 Å². The Morgan fingerprint density at radius 2 is 0.937 bits per heavy atom. The molecule has 25 heteroatoms. The van der Waals surface area contributed by atoms with Gasteiger partial charge in [0.1, 0.15) is 34.9 Å². The monoisotopic (exact) mass is 1760 g/mol. The third-order valence-corrected chi connectivity index (χ3v) is 18.4. The summed E-state index contributed by atoms with van der Waals surface area (Å²) < 4.78 is 15.3. The Bertz CT molecular complexity index is 4300. The van der Waals surface area contributed by atoms with Crippen molar-refractivity contribution in [1.29, 1.82) is 0 Å². The van der Waals surface area contributed by atoms with Crippen LogP contribution in [0.5, 0.6) is 0 Å². The smallest absolute Gasteiger partial charge is 0.407 e. The van der Waals surface area contributed by atoms with Crippen LogP contribution in [0.3, 0.4) is 0 Å². The molecule has 2 heterocycles. The van der Waals surface area contributed by atoms with E-state index < -0.39 is 53.0 Å². The Kier molecular flexibility index (Phi) is 59.1. The van der Waals surface area contributed by atoms with Crippen molar-refractivity contribution in [3.8, 4) is 0 Å². The number of halogens is 1. The van der Waals surface area contributed by atoms with E-state index >= 15 is 0 Å². The van der Waals surface area contributed by atoms with Crippen LogP contribution >= 0.6 is 11.8 Å². The average molecular weight is 1760 g/mol. The van der Waals surface area contributed by atoms with Crippen LogP contribution in [-0.2, 0) is 72.0 Å². The molecular formula is C101H143ClN8O16. The first kappa shape index (κ1) is 113. The lowest BCUT2D eigenvalue weighted by atomic mass is 9.87. The first-order chi connectivity index (χ1) is 60.0. The minimum Gasteiger partial charge on any atom is -0.444 e. The zero-order chi connectivity index (χ0) is 94.2. The zero-order valence-electron chi connectivity index (χ0n) is 76.8. The van der Waals surface area contributed by atoms with E-state index in [1.165, 1.54) is 39.0 Å². The van der Waals surface area contributed by atoms with Crippen molar-refractivity contribution < 1.29 is 78.7 Å². The van der Waals surface area contributed by atoms with Crippen molar-refractivity contribution in [2.75, 3.05) is 32.7 Å². The van der Waals surface area contributed by atoms with E-state index in [1.807, 2.05) is 265 Å². The molecule has 1 saturated heterocycles. The number of hydrogen-bond donors (Lipinski definition) is 12. The second-order valence-electron chi connectivity index (χ2n) is 32.4. The number of aldehydes is 1. The minimum absolute atomic E-state index is 0.00213. The van der Waals surface area contributed by atoms with Crippen molar-refractivity contribution in [1.82, 2.24) is 26.3 Å². The molecule has 0 radical (unpaired) electrons. The molecule has 690 valence electrons. The fourth-order valence-corrected chi connectivity index (χ4v) is 12.0. The van der Waals surface area contributed by atoms with Crippen molar-refractivity contribution in [2.45, 2.75) is 247 Å². The largest absolute Gasteiger partial charge is 0.444 e. The number of carbonyl (C=O) groups is 6. The highest BCUT2D eigenvalue weighted by Gasteiger charge is 2.36. The van der Waals surface area contributed by atoms with Gasteiger partial charge < -0.3 is 71.6 Å². The van der Waals surface area contributed by atoms with Gasteiger partial charge in [-0.1, -0.05) is 235 Å². The Balaban J connectivity index is 0.000000744. The molecule has 24 nitrogen and oxygen atoms in total. The van der Waals surface area contributed by atoms with Crippen molar-refractivity contribution in [3.63, 3.8) is 0 Å². The number of nitrogens with one attached hydrogen (secondary N) is 5. The number of aliphatic hydroxyl groups is 4. The summed E-state index contributed by atoms with van der Waals surface area (Å²) >= 11 is 4.30. The van der Waals surface area contributed by atoms with Crippen LogP contribution in [0.15, 0.2) is 275 Å². The number of carbonyl (C=O) groups excluding carboxylic acids is 6. The number of piperidine rings is 1. The predicted molar refractivity (Wildman–Crippen MR) is 507 cm³/mol. The Morgan fingerprint density at radius 1 is 0.563 bits per heavy atom. The summed E-state index contributed by atoms with van der Waals surface area (Å²) in [5, 5.41) is 73.8. The van der Waals surface area contributed by atoms with Gasteiger partial charge in [-0.15, -0.1) is 11.6 Å². The van der Waals surface area contributed by atoms with Crippen LogP contribution in [0.2, 0.25) is 0 Å². The van der Waals surface area contributed by atoms with Crippen LogP contribution in [0.1, 0.15) is 195 Å². The molecule has 13 N–H and O–H groups in total. The number of benzene rings is 6. The van der Waals surface area contributed by atoms with Crippen LogP contribution in [-0.4, -0.2) is 159 Å². The van der Waals surface area contributed by atoms with Gasteiger partial charge in [0.05, 0.1) is 30.2 Å². The normalized spacial score (nSPS) is 15.7. The summed E-state index contributed by atoms with van der Waals surface area (Å²) in [5.41, 5.74) is 16.2. The number of allylic oxidation sites excluding steroid dienone is 11. The van der Waals surface area contributed by atoms with E-state index in [2.05, 4.69) is 80.3 Å². The Morgan fingerprint density at radius 3 is 1.29 bits per heavy atom. The van der Waals surface area contributed by atoms with Gasteiger partial charge >= 0.3 is 18.3 Å². The van der Waals surface area contributed by atoms with E-state index in [1.54, 1.807) is 32.9 Å². The minimum atomic E-state index is -1.07. The maximum Gasteiger partial charge on any atom is 0.407 e. The van der Waals surface area contributed by atoms with Gasteiger partial charge in [0.2, 0.25) is 0 Å². The SMILES string of the molecule is C=CCCNC(=O)OC(C)(C)C.CC=C(/C=N/O)Cc1ccccc1.CC=C(C=O)Cc1ccccc1.CC=C(Cc1ccccc1)C(=O)CC(O)CCN.CC=C(Cc1ccccc1)C(=O)CC(O)CCNC(=O)OC(C)(C)C.CC=C(Cc1ccccc1)C1(O)CC(O)CCN1.CC=C(Cc1ccccc1)C1=NOC(CCNC(=O)OC(C)(C)C)C1.ONCl. The van der Waals surface area contributed by atoms with E-state index in [0.717, 1.165) is 77.5 Å². The maximum atomic E-state index is 12.3. The molecule has 2 aliphatic rings. The molecule has 1 fully saturated rings. The fourth-order valence-electron chi connectivity index (χ4n) is 12.0. The number of nitrogens with zero attached hydrogens (tertiary/aromatic N) is 2. The molecule has 0 bridgehead atoms. The average Bonchev–Trinajstić information content (AvgIpc) is 0.973. The van der Waals surface area contributed by atoms with Gasteiger partial charge in [-0.05, 0) is 222 Å². The summed E-state index contributed by atoms with van der Waals surface area (Å²) in [5.74, 6) is -0.0709. The number of Topliss-reactive ketones (excluding diaryl/α,β-unsaturated/α-hetero) is 2. The topological polar surface area (TPSA) is 372 Å². The number of hydrogen-bond acceptors (Lipinski definition) is 21. The van der Waals surface area contributed by atoms with Crippen LogP contribution in [0, 0.1) is 0 Å². The van der Waals surface area contributed by atoms with Crippen LogP contribution in [0.25, 0.3) is 0 Å². The Hall–Kier alpha value is -10.8. The lowest BCUT2D eigenvalue weighted by Crippen LogP contribution is -2.54. The number of ketones is 2. The highest BCUT2D eigenvalue weighted by atomic mass is 35.5. The molecule has 0 aromatic heterocycles. The molecule has 3 amide bonds. The molecular weight excluding hydrogens is 1620 g/mol. The van der Waals surface area contributed by atoms with Gasteiger partial charge in [-0.2, -0.15) is 0 Å². The summed E-state index contributed by atoms with van der Waals surface area (Å²) in [6.45, 7) is 33.8. The second-order valence-corrected chi connectivity index (χ2v) is 32.6. The van der Waals surface area contributed by atoms with Gasteiger partial charge in [0, 0.05) is 89.3 Å². The fraction of sp³-hybridized carbons (Fsp3) is 0.426. The highest BCUT2D eigenvalue weighted by molar-refractivity contribution is 6.12. The second kappa shape index (κ2) is 65.8. The molecule has 0 aliphatic carbocycles. The third-order valence-electron chi connectivity index (χ3n) is 18.4. The van der Waals surface area contributed by atoms with E-state index in [9.17, 15) is 49.2 Å². The molecule has 6 aromatic carbocycles. The number of aliphatic hydroxyl groups excluding tert-OH is 3. The highest BCUT2D eigenvalue weighted by Crippen LogP contribution is 2.28. The molecule has 0 saturated carbocycles. The van der Waals surface area contributed by atoms with Gasteiger partial charge in [0.25, 0.3) is 0 Å². The number of alkyl carbamates (subject to hydrolysis) is 3. The molecule has 0 spiro atoms. The first-order valence-corrected chi connectivity index (χ1v) is 43.2. The van der Waals surface area contributed by atoms with Crippen molar-refractivity contribution in [3.05, 3.63) is 298 Å². The molecule has 5 unspecified atom stereocenters. The molecule has 6 aromatic rings. The third kappa shape index (κ3) is 55.6. The standard InChI is InChI=1S/C20H28N2O3.C20H29NO4.2C15H21NO2.C11H13NO.C11H12O.C9H17NO2.ClH2NO/c1-5-16(13-15-9-7-6-8-10-15)18-14-17(25-22-18)11-12-21-19(23)24-20(2,3)4;1-5-16(13-15-9-7-6-8-10-15)18(23)14-17(22)11-12-21-19(24)25-20(2,3)4;1-2-13(10-12-6-4-3-5-7-12)15(18)11-14(17)8-9-16-15;1-2-13(10-12-6-4-3-5-7-12)15(18)11-14(17)8-9-16;1-2-10(9-12-13)8-11-6-4-3-5-7-11;1-2-10(9-12)8-11-6-4-3-5-7-11;1-5-6-7-10-8(11)12-9(2,3)4;1-2-3/h5-10,17H,11-14H2,1-4H3,(H,21,23);5-10,17,22H,11-14H2,1-4H3,(H,21,24);2-7,14,16-18H,8-11H2,1H3;2-7,14,17H,8-11,16H2,1H3;2-7,9,13H,8H2,1H3;2-7,9H,8H2,1H3;5H,1,6-7H2,2-4H3,(H,10,11);2-3H/b;;;;10-2?,12-9+;;;. The molecule has 8 rings (SSSR count). The van der Waals surface area contributed by atoms with Crippen LogP contribution < -0.4 is 32.0 Å². The molecule has 2 aliphatic heterocycles. The number of nitrogens with two attached hydrogens (primary N) is 1. The summed E-state index contributed by atoms with van der Waals surface area (Å²) in [6, 6.07) is 60.0. The number of oxime groups is 2. The summed E-state index contributed by atoms with van der Waals surface area (Å²) in [7, 11) is 0. The Labute approximate surface area is 754 Å². The number of amides is 3. The van der Waals surface area contributed by atoms with Crippen LogP contribution in [0.4, 0.5) is 14.4 Å². The lowest BCUT2D eigenvalue weighted by molar-refractivity contribution is -0.118. The maximum absolute atomic E-state index is 12.3.